The molecule has 2 fully saturated rings. The van der Waals surface area contributed by atoms with Gasteiger partial charge in [-0.2, -0.15) is 4.31 Å². The van der Waals surface area contributed by atoms with E-state index in [9.17, 15) is 18.0 Å². The van der Waals surface area contributed by atoms with E-state index in [4.69, 9.17) is 0 Å². The predicted molar refractivity (Wildman–Crippen MR) is 135 cm³/mol. The number of amides is 2. The summed E-state index contributed by atoms with van der Waals surface area (Å²) in [6.07, 6.45) is 3.69. The average molecular weight is 500 g/mol. The van der Waals surface area contributed by atoms with Gasteiger partial charge in [-0.3, -0.25) is 9.59 Å². The number of piperazine rings is 1. The molecule has 2 aromatic rings. The minimum Gasteiger partial charge on any atom is -0.342 e. The minimum atomic E-state index is -3.56. The molecule has 0 aromatic heterocycles. The molecule has 0 bridgehead atoms. The highest BCUT2D eigenvalue weighted by molar-refractivity contribution is 8.00. The van der Waals surface area contributed by atoms with Crippen molar-refractivity contribution in [2.45, 2.75) is 17.7 Å². The summed E-state index contributed by atoms with van der Waals surface area (Å²) < 4.78 is 26.8. The van der Waals surface area contributed by atoms with Crippen molar-refractivity contribution in [1.29, 1.82) is 0 Å². The molecule has 0 atom stereocenters. The number of sulfonamides is 1. The lowest BCUT2D eigenvalue weighted by molar-refractivity contribution is -0.127. The standard InChI is InChI=1S/C25H29N3O4S2/c29-24(26-13-6-7-14-26)20-33-23-11-5-4-10-22(23)25(30)27-15-17-28(18-16-27)34(31,32)19-12-21-8-2-1-3-9-21/h1-5,8-12,19H,6-7,13-18,20H2/b19-12+. The lowest BCUT2D eigenvalue weighted by Crippen LogP contribution is -2.50. The van der Waals surface area contributed by atoms with Crippen LogP contribution in [0.5, 0.6) is 0 Å². The summed E-state index contributed by atoms with van der Waals surface area (Å²) in [4.78, 5) is 30.0. The molecule has 180 valence electrons. The summed E-state index contributed by atoms with van der Waals surface area (Å²) in [6.45, 7) is 2.76. The second-order valence-corrected chi connectivity index (χ2v) is 11.2. The summed E-state index contributed by atoms with van der Waals surface area (Å²) in [5, 5.41) is 1.23. The van der Waals surface area contributed by atoms with Gasteiger partial charge in [0.15, 0.2) is 0 Å². The van der Waals surface area contributed by atoms with Gasteiger partial charge in [-0.15, -0.1) is 11.8 Å². The summed E-state index contributed by atoms with van der Waals surface area (Å²) in [7, 11) is -3.56. The highest BCUT2D eigenvalue weighted by Crippen LogP contribution is 2.25. The predicted octanol–water partition coefficient (Wildman–Crippen LogP) is 3.16. The Morgan fingerprint density at radius 2 is 1.47 bits per heavy atom. The van der Waals surface area contributed by atoms with Crippen LogP contribution < -0.4 is 0 Å². The number of thioether (sulfide) groups is 1. The van der Waals surface area contributed by atoms with E-state index in [-0.39, 0.29) is 24.9 Å². The quantitative estimate of drug-likeness (QED) is 0.547. The van der Waals surface area contributed by atoms with E-state index in [2.05, 4.69) is 0 Å². The van der Waals surface area contributed by atoms with Crippen LogP contribution in [0, 0.1) is 0 Å². The highest BCUT2D eigenvalue weighted by atomic mass is 32.2. The molecule has 7 nitrogen and oxygen atoms in total. The molecular formula is C25H29N3O4S2. The van der Waals surface area contributed by atoms with Crippen molar-refractivity contribution in [2.75, 3.05) is 45.0 Å². The van der Waals surface area contributed by atoms with Crippen molar-refractivity contribution in [3.05, 3.63) is 71.1 Å². The zero-order valence-electron chi connectivity index (χ0n) is 19.0. The molecule has 34 heavy (non-hydrogen) atoms. The Hall–Kier alpha value is -2.62. The molecule has 2 heterocycles. The maximum absolute atomic E-state index is 13.2. The third kappa shape index (κ3) is 6.08. The lowest BCUT2D eigenvalue weighted by Gasteiger charge is -2.33. The Morgan fingerprint density at radius 1 is 0.824 bits per heavy atom. The number of hydrogen-bond donors (Lipinski definition) is 0. The first-order valence-electron chi connectivity index (χ1n) is 11.5. The summed E-state index contributed by atoms with van der Waals surface area (Å²) in [5.41, 5.74) is 1.37. The average Bonchev–Trinajstić information content (AvgIpc) is 3.42. The molecule has 0 spiro atoms. The van der Waals surface area contributed by atoms with Gasteiger partial charge in [0.1, 0.15) is 0 Å². The van der Waals surface area contributed by atoms with Crippen LogP contribution in [0.3, 0.4) is 0 Å². The van der Waals surface area contributed by atoms with Gasteiger partial charge in [0.05, 0.1) is 11.3 Å². The molecule has 0 saturated carbocycles. The molecule has 0 N–H and O–H groups in total. The third-order valence-electron chi connectivity index (χ3n) is 6.05. The summed E-state index contributed by atoms with van der Waals surface area (Å²) >= 11 is 1.39. The molecule has 0 aliphatic carbocycles. The molecule has 2 aliphatic rings. The van der Waals surface area contributed by atoms with Crippen molar-refractivity contribution in [1.82, 2.24) is 14.1 Å². The van der Waals surface area contributed by atoms with Crippen LogP contribution in [0.1, 0.15) is 28.8 Å². The van der Waals surface area contributed by atoms with Crippen LogP contribution in [0.4, 0.5) is 0 Å². The van der Waals surface area contributed by atoms with Gasteiger partial charge in [-0.05, 0) is 36.6 Å². The smallest absolute Gasteiger partial charge is 0.255 e. The minimum absolute atomic E-state index is 0.104. The number of nitrogens with zero attached hydrogens (tertiary/aromatic N) is 3. The largest absolute Gasteiger partial charge is 0.342 e. The fourth-order valence-corrected chi connectivity index (χ4v) is 6.22. The van der Waals surface area contributed by atoms with E-state index < -0.39 is 10.0 Å². The maximum Gasteiger partial charge on any atom is 0.255 e. The SMILES string of the molecule is O=C(CSc1ccccc1C(=O)N1CCN(S(=O)(=O)/C=C/c2ccccc2)CC1)N1CCCC1. The number of hydrogen-bond acceptors (Lipinski definition) is 5. The Kier molecular flexibility index (Phi) is 8.07. The van der Waals surface area contributed by atoms with Crippen molar-refractivity contribution < 1.29 is 18.0 Å². The normalized spacial score (nSPS) is 17.4. The lowest BCUT2D eigenvalue weighted by atomic mass is 10.2. The zero-order chi connectivity index (χ0) is 24.0. The number of benzene rings is 2. The van der Waals surface area contributed by atoms with Gasteiger partial charge < -0.3 is 9.80 Å². The van der Waals surface area contributed by atoms with Gasteiger partial charge in [0.25, 0.3) is 5.91 Å². The van der Waals surface area contributed by atoms with Crippen molar-refractivity contribution in [3.63, 3.8) is 0 Å². The van der Waals surface area contributed by atoms with Gasteiger partial charge in [-0.1, -0.05) is 42.5 Å². The Labute approximate surface area is 205 Å². The van der Waals surface area contributed by atoms with E-state index in [0.29, 0.717) is 24.4 Å². The van der Waals surface area contributed by atoms with Gasteiger partial charge >= 0.3 is 0 Å². The Bertz CT molecular complexity index is 1140. The number of likely N-dealkylation sites (tertiary alicyclic amines) is 1. The van der Waals surface area contributed by atoms with Crippen LogP contribution in [-0.4, -0.2) is 79.4 Å². The van der Waals surface area contributed by atoms with E-state index in [1.54, 1.807) is 17.0 Å². The third-order valence-corrected chi connectivity index (χ3v) is 8.67. The Balaban J connectivity index is 1.35. The molecule has 2 saturated heterocycles. The van der Waals surface area contributed by atoms with Crippen LogP contribution in [0.15, 0.2) is 64.9 Å². The van der Waals surface area contributed by atoms with Crippen LogP contribution in [0.25, 0.3) is 6.08 Å². The first-order chi connectivity index (χ1) is 16.4. The van der Waals surface area contributed by atoms with E-state index in [1.807, 2.05) is 53.4 Å². The molecule has 4 rings (SSSR count). The van der Waals surface area contributed by atoms with E-state index >= 15 is 0 Å². The van der Waals surface area contributed by atoms with Crippen LogP contribution >= 0.6 is 11.8 Å². The van der Waals surface area contributed by atoms with Crippen LogP contribution in [-0.2, 0) is 14.8 Å². The summed E-state index contributed by atoms with van der Waals surface area (Å²) in [5.74, 6) is 0.282. The number of rotatable bonds is 7. The molecule has 9 heteroatoms. The van der Waals surface area contributed by atoms with Gasteiger partial charge in [-0.25, -0.2) is 8.42 Å². The maximum atomic E-state index is 13.2. The topological polar surface area (TPSA) is 78.0 Å². The summed E-state index contributed by atoms with van der Waals surface area (Å²) in [6, 6.07) is 16.6. The van der Waals surface area contributed by atoms with E-state index in [0.717, 1.165) is 36.4 Å². The zero-order valence-corrected chi connectivity index (χ0v) is 20.6. The number of carbonyl (C=O) groups is 2. The first-order valence-corrected chi connectivity index (χ1v) is 13.9. The van der Waals surface area contributed by atoms with Crippen LogP contribution in [0.2, 0.25) is 0 Å². The van der Waals surface area contributed by atoms with Crippen molar-refractivity contribution >= 4 is 39.7 Å². The van der Waals surface area contributed by atoms with Gasteiger partial charge in [0.2, 0.25) is 15.9 Å². The monoisotopic (exact) mass is 499 g/mol. The molecular weight excluding hydrogens is 470 g/mol. The molecule has 2 amide bonds. The fraction of sp³-hybridized carbons (Fsp3) is 0.360. The van der Waals surface area contributed by atoms with Crippen molar-refractivity contribution in [3.8, 4) is 0 Å². The highest BCUT2D eigenvalue weighted by Gasteiger charge is 2.29. The molecule has 2 aliphatic heterocycles. The second kappa shape index (κ2) is 11.2. The first kappa shape index (κ1) is 24.5. The molecule has 2 aromatic carbocycles. The second-order valence-electron chi connectivity index (χ2n) is 8.32. The fourth-order valence-electron chi connectivity index (χ4n) is 4.10. The number of carbonyl (C=O) groups excluding carboxylic acids is 2. The van der Waals surface area contributed by atoms with Crippen molar-refractivity contribution in [2.24, 2.45) is 0 Å². The molecule has 0 radical (unpaired) electrons. The Morgan fingerprint density at radius 3 is 2.18 bits per heavy atom. The van der Waals surface area contributed by atoms with E-state index in [1.165, 1.54) is 21.5 Å². The molecule has 0 unspecified atom stereocenters. The van der Waals surface area contributed by atoms with Gasteiger partial charge in [0, 0.05) is 49.6 Å².